The number of rotatable bonds is 5. The largest absolute Gasteiger partial charge is 0.431 e. The van der Waals surface area contributed by atoms with Crippen LogP contribution in [0.1, 0.15) is 0 Å². The number of nitrogens with zero attached hydrogens (tertiary/aromatic N) is 1. The van der Waals surface area contributed by atoms with E-state index in [1.54, 1.807) is 12.1 Å². The fourth-order valence-electron chi connectivity index (χ4n) is 2.00. The molecule has 1 N–H and O–H groups in total. The molecule has 4 nitrogen and oxygen atoms in total. The second-order valence-corrected chi connectivity index (χ2v) is 7.23. The van der Waals surface area contributed by atoms with E-state index < -0.39 is 0 Å². The van der Waals surface area contributed by atoms with Gasteiger partial charge in [0.1, 0.15) is 5.82 Å². The Morgan fingerprint density at radius 3 is 2.54 bits per heavy atom. The molecule has 9 heteroatoms. The summed E-state index contributed by atoms with van der Waals surface area (Å²) in [4.78, 5) is 16.2. The van der Waals surface area contributed by atoms with Crippen molar-refractivity contribution in [1.29, 1.82) is 0 Å². The van der Waals surface area contributed by atoms with Crippen molar-refractivity contribution in [1.82, 2.24) is 4.98 Å². The van der Waals surface area contributed by atoms with E-state index in [2.05, 4.69) is 10.3 Å². The molecule has 0 aliphatic carbocycles. The molecule has 0 atom stereocenters. The minimum Gasteiger partial charge on any atom is -0.431 e. The van der Waals surface area contributed by atoms with Crippen LogP contribution in [0.2, 0.25) is 15.1 Å². The molecule has 0 bridgehead atoms. The lowest BCUT2D eigenvalue weighted by molar-refractivity contribution is -0.113. The number of benzene rings is 2. The van der Waals surface area contributed by atoms with E-state index in [9.17, 15) is 9.18 Å². The number of hydrogen-bond donors (Lipinski definition) is 1. The Bertz CT molecular complexity index is 948. The molecule has 134 valence electrons. The number of carbonyl (C=O) groups excluding carboxylic acids is 1. The van der Waals surface area contributed by atoms with Gasteiger partial charge in [-0.1, -0.05) is 46.6 Å². The monoisotopic (exact) mass is 430 g/mol. The predicted octanol–water partition coefficient (Wildman–Crippen LogP) is 6.17. The maximum Gasteiger partial charge on any atom is 0.256 e. The summed E-state index contributed by atoms with van der Waals surface area (Å²) >= 11 is 18.9. The number of oxazole rings is 1. The molecule has 1 amide bonds. The van der Waals surface area contributed by atoms with E-state index in [1.165, 1.54) is 30.5 Å². The van der Waals surface area contributed by atoms with Crippen LogP contribution < -0.4 is 5.32 Å². The zero-order chi connectivity index (χ0) is 18.7. The highest BCUT2D eigenvalue weighted by Crippen LogP contribution is 2.32. The van der Waals surface area contributed by atoms with Gasteiger partial charge in [-0.2, -0.15) is 0 Å². The summed E-state index contributed by atoms with van der Waals surface area (Å²) in [5.41, 5.74) is 1.06. The Balaban J connectivity index is 1.60. The Morgan fingerprint density at radius 2 is 1.81 bits per heavy atom. The molecule has 0 fully saturated rings. The molecule has 0 unspecified atom stereocenters. The van der Waals surface area contributed by atoms with Crippen molar-refractivity contribution in [2.24, 2.45) is 0 Å². The Morgan fingerprint density at radius 1 is 1.12 bits per heavy atom. The van der Waals surface area contributed by atoms with Gasteiger partial charge in [-0.3, -0.25) is 4.79 Å². The van der Waals surface area contributed by atoms with E-state index >= 15 is 0 Å². The Hall–Kier alpha value is -1.73. The van der Waals surface area contributed by atoms with E-state index in [1.807, 2.05) is 0 Å². The number of hydrogen-bond acceptors (Lipinski definition) is 4. The molecule has 26 heavy (non-hydrogen) atoms. The van der Waals surface area contributed by atoms with Crippen LogP contribution in [0.3, 0.4) is 0 Å². The van der Waals surface area contributed by atoms with Crippen LogP contribution in [0.4, 0.5) is 10.1 Å². The molecule has 1 heterocycles. The second kappa shape index (κ2) is 8.31. The standard InChI is InChI=1S/C17H10Cl3FN2O2S/c18-11-5-13(20)14(6-12(11)19)23-16(24)8-26-17-22-7-15(25-17)9-1-3-10(21)4-2-9/h1-7H,8H2,(H,23,24). The van der Waals surface area contributed by atoms with Gasteiger partial charge >= 0.3 is 0 Å². The second-order valence-electron chi connectivity index (χ2n) is 5.08. The van der Waals surface area contributed by atoms with Gasteiger partial charge in [0.05, 0.1) is 32.7 Å². The molecule has 3 aromatic rings. The predicted molar refractivity (Wildman–Crippen MR) is 103 cm³/mol. The van der Waals surface area contributed by atoms with Gasteiger partial charge < -0.3 is 9.73 Å². The summed E-state index contributed by atoms with van der Waals surface area (Å²) in [6, 6.07) is 8.77. The first-order valence-corrected chi connectivity index (χ1v) is 9.33. The Labute approximate surface area is 167 Å². The van der Waals surface area contributed by atoms with Crippen molar-refractivity contribution >= 4 is 58.2 Å². The van der Waals surface area contributed by atoms with Crippen LogP contribution >= 0.6 is 46.6 Å². The summed E-state index contributed by atoms with van der Waals surface area (Å²) in [6.07, 6.45) is 1.52. The van der Waals surface area contributed by atoms with E-state index in [0.717, 1.165) is 11.8 Å². The van der Waals surface area contributed by atoms with Crippen molar-refractivity contribution < 1.29 is 13.6 Å². The highest BCUT2D eigenvalue weighted by atomic mass is 35.5. The SMILES string of the molecule is O=C(CSc1ncc(-c2ccc(F)cc2)o1)Nc1cc(Cl)c(Cl)cc1Cl. The van der Waals surface area contributed by atoms with Crippen LogP contribution in [0, 0.1) is 5.82 Å². The molecule has 0 spiro atoms. The number of nitrogens with one attached hydrogen (secondary N) is 1. The molecular weight excluding hydrogens is 422 g/mol. The lowest BCUT2D eigenvalue weighted by Gasteiger charge is -2.08. The molecule has 3 rings (SSSR count). The number of aromatic nitrogens is 1. The fraction of sp³-hybridized carbons (Fsp3) is 0.0588. The number of halogens is 4. The maximum absolute atomic E-state index is 13.0. The van der Waals surface area contributed by atoms with Crippen molar-refractivity contribution in [2.75, 3.05) is 11.1 Å². The molecule has 0 aliphatic heterocycles. The zero-order valence-corrected chi connectivity index (χ0v) is 16.0. The maximum atomic E-state index is 13.0. The van der Waals surface area contributed by atoms with Crippen LogP contribution in [-0.2, 0) is 4.79 Å². The number of carbonyl (C=O) groups is 1. The van der Waals surface area contributed by atoms with Crippen LogP contribution in [0.15, 0.2) is 52.2 Å². The minimum absolute atomic E-state index is 0.0555. The molecule has 0 saturated carbocycles. The fourth-order valence-corrected chi connectivity index (χ4v) is 3.20. The summed E-state index contributed by atoms with van der Waals surface area (Å²) in [7, 11) is 0. The molecular formula is C17H10Cl3FN2O2S. The first-order valence-electron chi connectivity index (χ1n) is 7.21. The topological polar surface area (TPSA) is 55.1 Å². The Kier molecular flexibility index (Phi) is 6.09. The molecule has 1 aromatic heterocycles. The van der Waals surface area contributed by atoms with Crippen molar-refractivity contribution in [2.45, 2.75) is 5.22 Å². The summed E-state index contributed by atoms with van der Waals surface area (Å²) in [5, 5.41) is 3.84. The lowest BCUT2D eigenvalue weighted by Crippen LogP contribution is -2.14. The van der Waals surface area contributed by atoms with Crippen LogP contribution in [0.25, 0.3) is 11.3 Å². The zero-order valence-electron chi connectivity index (χ0n) is 12.9. The van der Waals surface area contributed by atoms with E-state index in [-0.39, 0.29) is 27.5 Å². The lowest BCUT2D eigenvalue weighted by atomic mass is 10.2. The van der Waals surface area contributed by atoms with Crippen molar-refractivity contribution in [3.63, 3.8) is 0 Å². The number of amides is 1. The molecule has 2 aromatic carbocycles. The first-order chi connectivity index (χ1) is 12.4. The van der Waals surface area contributed by atoms with Gasteiger partial charge in [0.25, 0.3) is 5.22 Å². The van der Waals surface area contributed by atoms with Gasteiger partial charge in [-0.25, -0.2) is 9.37 Å². The third-order valence-electron chi connectivity index (χ3n) is 3.22. The van der Waals surface area contributed by atoms with Gasteiger partial charge in [0.15, 0.2) is 5.76 Å². The quantitative estimate of drug-likeness (QED) is 0.387. The smallest absolute Gasteiger partial charge is 0.256 e. The van der Waals surface area contributed by atoms with Crippen molar-refractivity contribution in [3.8, 4) is 11.3 Å². The molecule has 0 saturated heterocycles. The van der Waals surface area contributed by atoms with Crippen LogP contribution in [-0.4, -0.2) is 16.6 Å². The summed E-state index contributed by atoms with van der Waals surface area (Å²) < 4.78 is 18.5. The van der Waals surface area contributed by atoms with Gasteiger partial charge in [-0.15, -0.1) is 0 Å². The third kappa shape index (κ3) is 4.71. The summed E-state index contributed by atoms with van der Waals surface area (Å²) in [5.74, 6) is -0.0994. The van der Waals surface area contributed by atoms with E-state index in [0.29, 0.717) is 27.3 Å². The highest BCUT2D eigenvalue weighted by Gasteiger charge is 2.12. The number of anilines is 1. The normalized spacial score (nSPS) is 10.8. The molecule has 0 radical (unpaired) electrons. The molecule has 0 aliphatic rings. The minimum atomic E-state index is -0.333. The average molecular weight is 432 g/mol. The summed E-state index contributed by atoms with van der Waals surface area (Å²) in [6.45, 7) is 0. The van der Waals surface area contributed by atoms with Gasteiger partial charge in [-0.05, 0) is 36.4 Å². The van der Waals surface area contributed by atoms with Crippen LogP contribution in [0.5, 0.6) is 0 Å². The van der Waals surface area contributed by atoms with Crippen molar-refractivity contribution in [3.05, 3.63) is 63.5 Å². The highest BCUT2D eigenvalue weighted by molar-refractivity contribution is 7.99. The first kappa shape index (κ1) is 19.0. The van der Waals surface area contributed by atoms with Gasteiger partial charge in [0, 0.05) is 5.56 Å². The average Bonchev–Trinajstić information content (AvgIpc) is 3.07. The van der Waals surface area contributed by atoms with Gasteiger partial charge in [0.2, 0.25) is 5.91 Å². The van der Waals surface area contributed by atoms with E-state index in [4.69, 9.17) is 39.2 Å². The third-order valence-corrected chi connectivity index (χ3v) is 5.10. The number of thioether (sulfide) groups is 1.